The quantitative estimate of drug-likeness (QED) is 0.675. The summed E-state index contributed by atoms with van der Waals surface area (Å²) in [5, 5.41) is 8.10. The SMILES string of the molecule is O=C(NCCN1CCNC1=O)Nc1ccc(C(=O)OC2CCCC2)cc1. The van der Waals surface area contributed by atoms with Gasteiger partial charge < -0.3 is 25.6 Å². The number of rotatable bonds is 6. The van der Waals surface area contributed by atoms with Crippen molar-refractivity contribution in [2.45, 2.75) is 31.8 Å². The predicted molar refractivity (Wildman–Crippen MR) is 96.1 cm³/mol. The Morgan fingerprint density at radius 1 is 1.19 bits per heavy atom. The second-order valence-electron chi connectivity index (χ2n) is 6.49. The Bertz CT molecular complexity index is 656. The number of nitrogens with one attached hydrogen (secondary N) is 3. The van der Waals surface area contributed by atoms with Gasteiger partial charge in [-0.15, -0.1) is 0 Å². The molecule has 0 radical (unpaired) electrons. The van der Waals surface area contributed by atoms with Crippen LogP contribution in [-0.4, -0.2) is 55.2 Å². The van der Waals surface area contributed by atoms with E-state index in [0.29, 0.717) is 37.4 Å². The van der Waals surface area contributed by atoms with E-state index in [9.17, 15) is 14.4 Å². The molecule has 1 aliphatic carbocycles. The van der Waals surface area contributed by atoms with Crippen molar-refractivity contribution in [3.63, 3.8) is 0 Å². The van der Waals surface area contributed by atoms with Gasteiger partial charge in [-0.3, -0.25) is 0 Å². The van der Waals surface area contributed by atoms with Gasteiger partial charge in [-0.25, -0.2) is 14.4 Å². The van der Waals surface area contributed by atoms with E-state index in [1.165, 1.54) is 0 Å². The molecule has 0 spiro atoms. The summed E-state index contributed by atoms with van der Waals surface area (Å²) in [6, 6.07) is 6.15. The van der Waals surface area contributed by atoms with Crippen LogP contribution < -0.4 is 16.0 Å². The molecule has 1 aromatic rings. The summed E-state index contributed by atoms with van der Waals surface area (Å²) >= 11 is 0. The number of carbonyl (C=O) groups excluding carboxylic acids is 3. The highest BCUT2D eigenvalue weighted by Gasteiger charge is 2.20. The first-order valence-electron chi connectivity index (χ1n) is 9.00. The number of anilines is 1. The fourth-order valence-corrected chi connectivity index (χ4v) is 3.12. The van der Waals surface area contributed by atoms with Crippen LogP contribution in [0.2, 0.25) is 0 Å². The fourth-order valence-electron chi connectivity index (χ4n) is 3.12. The smallest absolute Gasteiger partial charge is 0.338 e. The van der Waals surface area contributed by atoms with Crippen molar-refractivity contribution in [3.05, 3.63) is 29.8 Å². The van der Waals surface area contributed by atoms with Crippen LogP contribution in [0.1, 0.15) is 36.0 Å². The zero-order chi connectivity index (χ0) is 18.4. The van der Waals surface area contributed by atoms with Crippen molar-refractivity contribution in [3.8, 4) is 0 Å². The first kappa shape index (κ1) is 18.0. The monoisotopic (exact) mass is 360 g/mol. The van der Waals surface area contributed by atoms with Gasteiger partial charge in [-0.05, 0) is 49.9 Å². The fraction of sp³-hybridized carbons (Fsp3) is 0.500. The third-order valence-electron chi connectivity index (χ3n) is 4.57. The molecule has 0 bridgehead atoms. The Kier molecular flexibility index (Phi) is 5.93. The summed E-state index contributed by atoms with van der Waals surface area (Å²) in [6.45, 7) is 2.12. The Balaban J connectivity index is 1.40. The van der Waals surface area contributed by atoms with E-state index in [2.05, 4.69) is 16.0 Å². The third kappa shape index (κ3) is 4.87. The van der Waals surface area contributed by atoms with E-state index in [0.717, 1.165) is 25.7 Å². The van der Waals surface area contributed by atoms with Crippen molar-refractivity contribution >= 4 is 23.7 Å². The molecular formula is C18H24N4O4. The molecule has 1 aliphatic heterocycles. The van der Waals surface area contributed by atoms with Crippen LogP contribution in [0.5, 0.6) is 0 Å². The summed E-state index contributed by atoms with van der Waals surface area (Å²) in [5.74, 6) is -0.322. The first-order valence-corrected chi connectivity index (χ1v) is 9.00. The van der Waals surface area contributed by atoms with Gasteiger partial charge >= 0.3 is 18.0 Å². The number of urea groups is 2. The normalized spacial score (nSPS) is 17.1. The molecule has 4 amide bonds. The lowest BCUT2D eigenvalue weighted by molar-refractivity contribution is 0.0318. The maximum Gasteiger partial charge on any atom is 0.338 e. The van der Waals surface area contributed by atoms with Crippen molar-refractivity contribution in [2.24, 2.45) is 0 Å². The predicted octanol–water partition coefficient (Wildman–Crippen LogP) is 1.93. The number of carbonyl (C=O) groups is 3. The van der Waals surface area contributed by atoms with Gasteiger partial charge in [-0.2, -0.15) is 0 Å². The number of esters is 1. The van der Waals surface area contributed by atoms with Crippen molar-refractivity contribution in [1.29, 1.82) is 0 Å². The van der Waals surface area contributed by atoms with Crippen molar-refractivity contribution < 1.29 is 19.1 Å². The minimum absolute atomic E-state index is 0.0313. The minimum Gasteiger partial charge on any atom is -0.459 e. The molecule has 140 valence electrons. The van der Waals surface area contributed by atoms with Gasteiger partial charge in [0.25, 0.3) is 0 Å². The molecule has 2 aliphatic rings. The average molecular weight is 360 g/mol. The number of ether oxygens (including phenoxy) is 1. The number of amides is 4. The van der Waals surface area contributed by atoms with Crippen LogP contribution in [0.15, 0.2) is 24.3 Å². The van der Waals surface area contributed by atoms with E-state index in [4.69, 9.17) is 4.74 Å². The highest BCUT2D eigenvalue weighted by molar-refractivity contribution is 5.92. The number of hydrogen-bond donors (Lipinski definition) is 3. The van der Waals surface area contributed by atoms with Crippen LogP contribution in [-0.2, 0) is 4.74 Å². The minimum atomic E-state index is -0.356. The van der Waals surface area contributed by atoms with E-state index in [1.54, 1.807) is 29.2 Å². The molecule has 3 N–H and O–H groups in total. The molecule has 8 heteroatoms. The lowest BCUT2D eigenvalue weighted by Crippen LogP contribution is -2.38. The first-order chi connectivity index (χ1) is 12.6. The second-order valence-corrected chi connectivity index (χ2v) is 6.49. The zero-order valence-corrected chi connectivity index (χ0v) is 14.6. The van der Waals surface area contributed by atoms with E-state index in [-0.39, 0.29) is 24.1 Å². The molecule has 26 heavy (non-hydrogen) atoms. The Morgan fingerprint density at radius 2 is 1.92 bits per heavy atom. The highest BCUT2D eigenvalue weighted by Crippen LogP contribution is 2.22. The third-order valence-corrected chi connectivity index (χ3v) is 4.57. The Hall–Kier alpha value is -2.77. The molecule has 0 unspecified atom stereocenters. The lowest BCUT2D eigenvalue weighted by atomic mass is 10.2. The molecule has 1 saturated carbocycles. The van der Waals surface area contributed by atoms with Gasteiger partial charge in [0.15, 0.2) is 0 Å². The van der Waals surface area contributed by atoms with Crippen LogP contribution in [0.25, 0.3) is 0 Å². The summed E-state index contributed by atoms with van der Waals surface area (Å²) in [7, 11) is 0. The van der Waals surface area contributed by atoms with Crippen molar-refractivity contribution in [1.82, 2.24) is 15.5 Å². The number of benzene rings is 1. The van der Waals surface area contributed by atoms with Gasteiger partial charge in [0, 0.05) is 31.9 Å². The topological polar surface area (TPSA) is 99.8 Å². The molecule has 1 aromatic carbocycles. The molecule has 0 atom stereocenters. The van der Waals surface area contributed by atoms with E-state index in [1.807, 2.05) is 0 Å². The lowest BCUT2D eigenvalue weighted by Gasteiger charge is -2.14. The molecule has 3 rings (SSSR count). The van der Waals surface area contributed by atoms with Gasteiger partial charge in [0.2, 0.25) is 0 Å². The number of nitrogens with zero attached hydrogens (tertiary/aromatic N) is 1. The standard InChI is InChI=1S/C18H24N4O4/c23-16(26-15-3-1-2-4-15)13-5-7-14(8-6-13)21-17(24)19-9-11-22-12-10-20-18(22)25/h5-8,15H,1-4,9-12H2,(H,20,25)(H2,19,21,24). The molecule has 8 nitrogen and oxygen atoms in total. The summed E-state index contributed by atoms with van der Waals surface area (Å²) in [6.07, 6.45) is 4.12. The average Bonchev–Trinajstić information content (AvgIpc) is 3.28. The summed E-state index contributed by atoms with van der Waals surface area (Å²) < 4.78 is 5.45. The Labute approximate surface area is 152 Å². The molecule has 2 fully saturated rings. The maximum atomic E-state index is 12.1. The molecule has 0 aromatic heterocycles. The molecule has 1 heterocycles. The molecule has 1 saturated heterocycles. The summed E-state index contributed by atoms with van der Waals surface area (Å²) in [5.41, 5.74) is 1.06. The largest absolute Gasteiger partial charge is 0.459 e. The highest BCUT2D eigenvalue weighted by atomic mass is 16.5. The zero-order valence-electron chi connectivity index (χ0n) is 14.6. The van der Waals surface area contributed by atoms with Gasteiger partial charge in [0.05, 0.1) is 5.56 Å². The van der Waals surface area contributed by atoms with Gasteiger partial charge in [0.1, 0.15) is 6.10 Å². The van der Waals surface area contributed by atoms with Crippen LogP contribution >= 0.6 is 0 Å². The second kappa shape index (κ2) is 8.55. The van der Waals surface area contributed by atoms with Gasteiger partial charge in [-0.1, -0.05) is 0 Å². The van der Waals surface area contributed by atoms with Crippen LogP contribution in [0.4, 0.5) is 15.3 Å². The van der Waals surface area contributed by atoms with E-state index >= 15 is 0 Å². The van der Waals surface area contributed by atoms with E-state index < -0.39 is 0 Å². The van der Waals surface area contributed by atoms with Crippen LogP contribution in [0, 0.1) is 0 Å². The maximum absolute atomic E-state index is 12.1. The molecular weight excluding hydrogens is 336 g/mol. The summed E-state index contributed by atoms with van der Waals surface area (Å²) in [4.78, 5) is 37.0. The Morgan fingerprint density at radius 3 is 2.58 bits per heavy atom. The van der Waals surface area contributed by atoms with Crippen LogP contribution in [0.3, 0.4) is 0 Å². The van der Waals surface area contributed by atoms with Crippen molar-refractivity contribution in [2.75, 3.05) is 31.5 Å². The number of hydrogen-bond acceptors (Lipinski definition) is 4.